The van der Waals surface area contributed by atoms with Crippen LogP contribution in [0, 0.1) is 5.92 Å². The van der Waals surface area contributed by atoms with Crippen molar-refractivity contribution in [2.75, 3.05) is 0 Å². The van der Waals surface area contributed by atoms with Gasteiger partial charge in [0, 0.05) is 6.42 Å². The van der Waals surface area contributed by atoms with Gasteiger partial charge in [-0.15, -0.1) is 0 Å². The predicted octanol–water partition coefficient (Wildman–Crippen LogP) is 3.10. The Kier molecular flexibility index (Phi) is 3.52. The van der Waals surface area contributed by atoms with E-state index in [1.54, 1.807) is 0 Å². The molecule has 0 amide bonds. The minimum absolute atomic E-state index is 0.0760. The van der Waals surface area contributed by atoms with E-state index in [1.165, 1.54) is 0 Å². The molecule has 1 aliphatic heterocycles. The number of fused-ring (bicyclic) bond motifs is 1. The van der Waals surface area contributed by atoms with Gasteiger partial charge in [0.15, 0.2) is 0 Å². The lowest BCUT2D eigenvalue weighted by molar-refractivity contribution is -0.150. The number of allylic oxidation sites excluding steroid dienone is 1. The number of ether oxygens (including phenoxy) is 1. The summed E-state index contributed by atoms with van der Waals surface area (Å²) in [6.07, 6.45) is 6.85. The largest absolute Gasteiger partial charge is 0.512 e. The molecule has 1 saturated heterocycles. The molecule has 0 saturated carbocycles. The highest BCUT2D eigenvalue weighted by Gasteiger charge is 2.37. The van der Waals surface area contributed by atoms with Gasteiger partial charge in [-0.2, -0.15) is 0 Å². The molecule has 3 heteroatoms. The monoisotopic (exact) mass is 224 g/mol. The van der Waals surface area contributed by atoms with E-state index in [2.05, 4.69) is 6.92 Å². The number of cyclic esters (lactones) is 1. The van der Waals surface area contributed by atoms with Gasteiger partial charge in [-0.25, -0.2) is 4.79 Å². The molecular formula is C13H20O3. The molecule has 16 heavy (non-hydrogen) atoms. The molecule has 2 aliphatic rings. The molecular weight excluding hydrogens is 204 g/mol. The standard InChI is InChI=1S/C13H20O3/c1-2-3-6-10-8-9-5-4-7-11(14)12(9)13(15)16-10/h9-10,14H,2-8H2,1H3/t9-,10+/m0/s1. The molecule has 0 spiro atoms. The molecule has 1 N–H and O–H groups in total. The van der Waals surface area contributed by atoms with Gasteiger partial charge < -0.3 is 9.84 Å². The van der Waals surface area contributed by atoms with Crippen LogP contribution in [0.2, 0.25) is 0 Å². The van der Waals surface area contributed by atoms with Crippen molar-refractivity contribution >= 4 is 5.97 Å². The van der Waals surface area contributed by atoms with E-state index in [1.807, 2.05) is 0 Å². The third-order valence-electron chi connectivity index (χ3n) is 3.61. The number of hydrogen-bond donors (Lipinski definition) is 1. The molecule has 2 rings (SSSR count). The fourth-order valence-corrected chi connectivity index (χ4v) is 2.74. The van der Waals surface area contributed by atoms with Crippen molar-refractivity contribution in [2.45, 2.75) is 58.0 Å². The van der Waals surface area contributed by atoms with Crippen molar-refractivity contribution in [3.63, 3.8) is 0 Å². The summed E-state index contributed by atoms with van der Waals surface area (Å²) in [5.41, 5.74) is 0.569. The van der Waals surface area contributed by atoms with Crippen molar-refractivity contribution in [2.24, 2.45) is 5.92 Å². The lowest BCUT2D eigenvalue weighted by Gasteiger charge is -2.33. The van der Waals surface area contributed by atoms with Crippen molar-refractivity contribution in [3.8, 4) is 0 Å². The van der Waals surface area contributed by atoms with Crippen LogP contribution in [-0.2, 0) is 9.53 Å². The summed E-state index contributed by atoms with van der Waals surface area (Å²) < 4.78 is 5.37. The highest BCUT2D eigenvalue weighted by Crippen LogP contribution is 2.37. The Morgan fingerprint density at radius 3 is 3.06 bits per heavy atom. The third-order valence-corrected chi connectivity index (χ3v) is 3.61. The summed E-state index contributed by atoms with van der Waals surface area (Å²) in [7, 11) is 0. The van der Waals surface area contributed by atoms with E-state index in [0.29, 0.717) is 12.0 Å². The van der Waals surface area contributed by atoms with E-state index < -0.39 is 0 Å². The van der Waals surface area contributed by atoms with Crippen LogP contribution in [0.25, 0.3) is 0 Å². The van der Waals surface area contributed by atoms with Crippen LogP contribution in [0.3, 0.4) is 0 Å². The van der Waals surface area contributed by atoms with Crippen molar-refractivity contribution < 1.29 is 14.6 Å². The highest BCUT2D eigenvalue weighted by atomic mass is 16.5. The molecule has 2 atom stereocenters. The molecule has 0 aromatic rings. The van der Waals surface area contributed by atoms with Crippen molar-refractivity contribution in [1.29, 1.82) is 0 Å². The second-order valence-corrected chi connectivity index (χ2v) is 4.85. The van der Waals surface area contributed by atoms with E-state index in [0.717, 1.165) is 38.5 Å². The number of carbonyl (C=O) groups excluding carboxylic acids is 1. The van der Waals surface area contributed by atoms with Gasteiger partial charge >= 0.3 is 5.97 Å². The first kappa shape index (κ1) is 11.5. The minimum Gasteiger partial charge on any atom is -0.512 e. The molecule has 1 fully saturated rings. The summed E-state index contributed by atoms with van der Waals surface area (Å²) >= 11 is 0. The van der Waals surface area contributed by atoms with Gasteiger partial charge in [0.25, 0.3) is 0 Å². The molecule has 0 unspecified atom stereocenters. The maximum atomic E-state index is 11.8. The van der Waals surface area contributed by atoms with Gasteiger partial charge in [-0.1, -0.05) is 19.8 Å². The third kappa shape index (κ3) is 2.23. The number of hydrogen-bond acceptors (Lipinski definition) is 3. The van der Waals surface area contributed by atoms with Crippen molar-refractivity contribution in [3.05, 3.63) is 11.3 Å². The van der Waals surface area contributed by atoms with Crippen LogP contribution in [0.1, 0.15) is 51.9 Å². The van der Waals surface area contributed by atoms with Crippen LogP contribution in [-0.4, -0.2) is 17.2 Å². The molecule has 1 heterocycles. The second-order valence-electron chi connectivity index (χ2n) is 4.85. The van der Waals surface area contributed by atoms with Gasteiger partial charge in [0.2, 0.25) is 0 Å². The van der Waals surface area contributed by atoms with Crippen LogP contribution in [0.4, 0.5) is 0 Å². The number of aliphatic hydroxyl groups is 1. The molecule has 0 bridgehead atoms. The first-order valence-electron chi connectivity index (χ1n) is 6.35. The SMILES string of the molecule is CCCC[C@@H]1C[C@@H]2CCCC(O)=C2C(=O)O1. The van der Waals surface area contributed by atoms with Gasteiger partial charge in [-0.05, 0) is 31.6 Å². The summed E-state index contributed by atoms with van der Waals surface area (Å²) in [4.78, 5) is 11.8. The Bertz CT molecular complexity index is 306. The number of rotatable bonds is 3. The van der Waals surface area contributed by atoms with Gasteiger partial charge in [-0.3, -0.25) is 0 Å². The molecule has 0 aromatic carbocycles. The number of aliphatic hydroxyl groups excluding tert-OH is 1. The topological polar surface area (TPSA) is 46.5 Å². The zero-order chi connectivity index (χ0) is 11.5. The normalized spacial score (nSPS) is 29.9. The smallest absolute Gasteiger partial charge is 0.337 e. The molecule has 0 aromatic heterocycles. The van der Waals surface area contributed by atoms with Gasteiger partial charge in [0.1, 0.15) is 11.9 Å². The van der Waals surface area contributed by atoms with Crippen molar-refractivity contribution in [1.82, 2.24) is 0 Å². The van der Waals surface area contributed by atoms with E-state index >= 15 is 0 Å². The second kappa shape index (κ2) is 4.89. The Labute approximate surface area is 96.5 Å². The first-order chi connectivity index (χ1) is 7.72. The Morgan fingerprint density at radius 1 is 1.50 bits per heavy atom. The van der Waals surface area contributed by atoms with Crippen LogP contribution in [0.15, 0.2) is 11.3 Å². The minimum atomic E-state index is -0.269. The fraction of sp³-hybridized carbons (Fsp3) is 0.769. The van der Waals surface area contributed by atoms with E-state index in [-0.39, 0.29) is 23.8 Å². The number of carbonyl (C=O) groups is 1. The summed E-state index contributed by atoms with van der Waals surface area (Å²) in [5.74, 6) is 0.251. The average molecular weight is 224 g/mol. The first-order valence-corrected chi connectivity index (χ1v) is 6.35. The predicted molar refractivity (Wildman–Crippen MR) is 61.0 cm³/mol. The van der Waals surface area contributed by atoms with E-state index in [4.69, 9.17) is 4.74 Å². The Hall–Kier alpha value is -0.990. The van der Waals surface area contributed by atoms with Crippen LogP contribution in [0.5, 0.6) is 0 Å². The fourth-order valence-electron chi connectivity index (χ4n) is 2.74. The quantitative estimate of drug-likeness (QED) is 0.749. The average Bonchev–Trinajstić information content (AvgIpc) is 2.26. The number of unbranched alkanes of at least 4 members (excludes halogenated alkanes) is 1. The zero-order valence-corrected chi connectivity index (χ0v) is 9.87. The van der Waals surface area contributed by atoms with Gasteiger partial charge in [0.05, 0.1) is 5.57 Å². The maximum Gasteiger partial charge on any atom is 0.337 e. The number of esters is 1. The van der Waals surface area contributed by atoms with Crippen LogP contribution < -0.4 is 0 Å². The molecule has 3 nitrogen and oxygen atoms in total. The summed E-state index contributed by atoms with van der Waals surface area (Å²) in [6, 6.07) is 0. The zero-order valence-electron chi connectivity index (χ0n) is 9.87. The highest BCUT2D eigenvalue weighted by molar-refractivity contribution is 5.90. The van der Waals surface area contributed by atoms with Crippen LogP contribution >= 0.6 is 0 Å². The Morgan fingerprint density at radius 2 is 2.31 bits per heavy atom. The summed E-state index contributed by atoms with van der Waals surface area (Å²) in [5, 5.41) is 9.72. The lowest BCUT2D eigenvalue weighted by Crippen LogP contribution is -2.34. The van der Waals surface area contributed by atoms with E-state index in [9.17, 15) is 9.90 Å². The lowest BCUT2D eigenvalue weighted by atomic mass is 9.80. The molecule has 90 valence electrons. The molecule has 1 aliphatic carbocycles. The Balaban J connectivity index is 2.05. The summed E-state index contributed by atoms with van der Waals surface area (Å²) in [6.45, 7) is 2.14. The molecule has 0 radical (unpaired) electrons. The maximum absolute atomic E-state index is 11.8.